The first kappa shape index (κ1) is 14.8. The van der Waals surface area contributed by atoms with Gasteiger partial charge in [0.15, 0.2) is 0 Å². The van der Waals surface area contributed by atoms with Crippen LogP contribution >= 0.6 is 0 Å². The number of carbonyl (C=O) groups excluding carboxylic acids is 1. The van der Waals surface area contributed by atoms with Crippen molar-refractivity contribution in [1.29, 1.82) is 0 Å². The molecule has 0 aromatic carbocycles. The van der Waals surface area contributed by atoms with Gasteiger partial charge in [-0.15, -0.1) is 0 Å². The molecule has 1 aromatic heterocycles. The number of urea groups is 1. The van der Waals surface area contributed by atoms with E-state index in [1.165, 1.54) is 0 Å². The smallest absolute Gasteiger partial charge is 0.315 e. The molecule has 2 unspecified atom stereocenters. The average Bonchev–Trinajstić information content (AvgIpc) is 2.82. The number of amides is 2. The second-order valence-corrected chi connectivity index (χ2v) is 5.73. The maximum Gasteiger partial charge on any atom is 0.315 e. The van der Waals surface area contributed by atoms with Gasteiger partial charge in [-0.25, -0.2) is 4.79 Å². The third-order valence-corrected chi connectivity index (χ3v) is 4.14. The van der Waals surface area contributed by atoms with E-state index in [-0.39, 0.29) is 24.1 Å². The van der Waals surface area contributed by atoms with Crippen LogP contribution in [0, 0.1) is 5.41 Å². The number of hydrogen-bond acceptors (Lipinski definition) is 3. The van der Waals surface area contributed by atoms with Gasteiger partial charge in [0, 0.05) is 36.3 Å². The van der Waals surface area contributed by atoms with E-state index >= 15 is 0 Å². The lowest BCUT2D eigenvalue weighted by Crippen LogP contribution is -2.48. The van der Waals surface area contributed by atoms with E-state index in [2.05, 4.69) is 15.6 Å². The van der Waals surface area contributed by atoms with Crippen molar-refractivity contribution in [3.63, 3.8) is 0 Å². The number of aromatic nitrogens is 1. The van der Waals surface area contributed by atoms with E-state index < -0.39 is 0 Å². The fourth-order valence-corrected chi connectivity index (χ4v) is 2.73. The van der Waals surface area contributed by atoms with Crippen molar-refractivity contribution in [3.05, 3.63) is 30.1 Å². The second kappa shape index (κ2) is 6.70. The van der Waals surface area contributed by atoms with Crippen molar-refractivity contribution in [3.8, 4) is 0 Å². The molecule has 2 atom stereocenters. The molecule has 1 aromatic rings. The number of pyridine rings is 1. The maximum absolute atomic E-state index is 11.9. The molecule has 5 nitrogen and oxygen atoms in total. The van der Waals surface area contributed by atoms with Crippen LogP contribution in [0.15, 0.2) is 24.4 Å². The summed E-state index contributed by atoms with van der Waals surface area (Å²) in [5.41, 5.74) is 0.784. The van der Waals surface area contributed by atoms with Gasteiger partial charge in [0.2, 0.25) is 0 Å². The number of aliphatic hydroxyl groups excluding tert-OH is 1. The van der Waals surface area contributed by atoms with Crippen molar-refractivity contribution in [2.45, 2.75) is 38.6 Å². The number of aliphatic hydroxyl groups is 1. The van der Waals surface area contributed by atoms with Crippen molar-refractivity contribution in [1.82, 2.24) is 15.6 Å². The van der Waals surface area contributed by atoms with Crippen molar-refractivity contribution < 1.29 is 9.90 Å². The van der Waals surface area contributed by atoms with E-state index in [9.17, 15) is 9.90 Å². The molecule has 3 N–H and O–H groups in total. The highest BCUT2D eigenvalue weighted by atomic mass is 16.3. The Labute approximate surface area is 119 Å². The molecule has 20 heavy (non-hydrogen) atoms. The fraction of sp³-hybridized carbons (Fsp3) is 0.600. The van der Waals surface area contributed by atoms with E-state index in [4.69, 9.17) is 0 Å². The summed E-state index contributed by atoms with van der Waals surface area (Å²) in [6, 6.07) is 5.65. The van der Waals surface area contributed by atoms with Gasteiger partial charge >= 0.3 is 6.03 Å². The zero-order valence-corrected chi connectivity index (χ0v) is 11.9. The minimum atomic E-state index is -0.182. The van der Waals surface area contributed by atoms with Crippen LogP contribution in [0.25, 0.3) is 0 Å². The Hall–Kier alpha value is -1.62. The van der Waals surface area contributed by atoms with E-state index in [1.807, 2.05) is 25.1 Å². The summed E-state index contributed by atoms with van der Waals surface area (Å²) in [6.45, 7) is 2.70. The Morgan fingerprint density at radius 2 is 2.40 bits per heavy atom. The largest absolute Gasteiger partial charge is 0.396 e. The van der Waals surface area contributed by atoms with Crippen LogP contribution < -0.4 is 10.6 Å². The summed E-state index contributed by atoms with van der Waals surface area (Å²) in [5, 5.41) is 15.3. The van der Waals surface area contributed by atoms with Crippen LogP contribution in [0.2, 0.25) is 0 Å². The summed E-state index contributed by atoms with van der Waals surface area (Å²) in [5.74, 6) is 0. The fourth-order valence-electron chi connectivity index (χ4n) is 2.73. The third kappa shape index (κ3) is 3.70. The molecule has 1 aliphatic carbocycles. The van der Waals surface area contributed by atoms with Gasteiger partial charge in [0.05, 0.1) is 6.61 Å². The van der Waals surface area contributed by atoms with Gasteiger partial charge in [0.25, 0.3) is 0 Å². The molecule has 0 bridgehead atoms. The first-order chi connectivity index (χ1) is 9.64. The molecular weight excluding hydrogens is 254 g/mol. The summed E-state index contributed by atoms with van der Waals surface area (Å²) < 4.78 is 0. The van der Waals surface area contributed by atoms with Crippen LogP contribution in [-0.4, -0.2) is 35.3 Å². The van der Waals surface area contributed by atoms with Gasteiger partial charge in [-0.2, -0.15) is 0 Å². The predicted octanol–water partition coefficient (Wildman–Crippen LogP) is 1.47. The standard InChI is InChI=1S/C15H23N3O2/c1-15(11-19)8-4-6-13(15)18-14(20)17-10-7-12-5-2-3-9-16-12/h2-3,5,9,13,19H,4,6-8,10-11H2,1H3,(H2,17,18,20). The lowest BCUT2D eigenvalue weighted by molar-refractivity contribution is 0.121. The molecule has 1 heterocycles. The highest BCUT2D eigenvalue weighted by Crippen LogP contribution is 2.37. The summed E-state index contributed by atoms with van der Waals surface area (Å²) in [7, 11) is 0. The van der Waals surface area contributed by atoms with Crippen LogP contribution in [0.5, 0.6) is 0 Å². The average molecular weight is 277 g/mol. The number of hydrogen-bond donors (Lipinski definition) is 3. The number of carbonyl (C=O) groups is 1. The Bertz CT molecular complexity index is 438. The number of rotatable bonds is 5. The molecule has 0 spiro atoms. The van der Waals surface area contributed by atoms with Gasteiger partial charge in [-0.3, -0.25) is 4.98 Å². The summed E-state index contributed by atoms with van der Waals surface area (Å²) >= 11 is 0. The second-order valence-electron chi connectivity index (χ2n) is 5.73. The van der Waals surface area contributed by atoms with Crippen LogP contribution in [0.1, 0.15) is 31.9 Å². The predicted molar refractivity (Wildman–Crippen MR) is 77.3 cm³/mol. The summed E-state index contributed by atoms with van der Waals surface area (Å²) in [4.78, 5) is 16.1. The number of nitrogens with zero attached hydrogens (tertiary/aromatic N) is 1. The van der Waals surface area contributed by atoms with Crippen LogP contribution in [0.3, 0.4) is 0 Å². The molecule has 0 saturated heterocycles. The first-order valence-electron chi connectivity index (χ1n) is 7.19. The Morgan fingerprint density at radius 3 is 3.10 bits per heavy atom. The first-order valence-corrected chi connectivity index (χ1v) is 7.19. The zero-order valence-electron chi connectivity index (χ0n) is 11.9. The minimum absolute atomic E-state index is 0.0577. The quantitative estimate of drug-likeness (QED) is 0.763. The monoisotopic (exact) mass is 277 g/mol. The van der Waals surface area contributed by atoms with E-state index in [0.29, 0.717) is 6.54 Å². The van der Waals surface area contributed by atoms with Crippen molar-refractivity contribution in [2.24, 2.45) is 5.41 Å². The molecule has 0 radical (unpaired) electrons. The number of nitrogens with one attached hydrogen (secondary N) is 2. The normalized spacial score (nSPS) is 25.4. The molecule has 1 aliphatic rings. The Morgan fingerprint density at radius 1 is 1.55 bits per heavy atom. The molecular formula is C15H23N3O2. The van der Waals surface area contributed by atoms with E-state index in [0.717, 1.165) is 31.4 Å². The van der Waals surface area contributed by atoms with E-state index in [1.54, 1.807) is 6.20 Å². The Balaban J connectivity index is 1.73. The minimum Gasteiger partial charge on any atom is -0.396 e. The Kier molecular flexibility index (Phi) is 4.95. The van der Waals surface area contributed by atoms with Crippen molar-refractivity contribution in [2.75, 3.05) is 13.2 Å². The van der Waals surface area contributed by atoms with Gasteiger partial charge in [0.1, 0.15) is 0 Å². The lowest BCUT2D eigenvalue weighted by Gasteiger charge is -2.30. The van der Waals surface area contributed by atoms with Gasteiger partial charge in [-0.05, 0) is 25.0 Å². The van der Waals surface area contributed by atoms with Gasteiger partial charge in [-0.1, -0.05) is 19.4 Å². The van der Waals surface area contributed by atoms with Crippen LogP contribution in [0.4, 0.5) is 4.79 Å². The maximum atomic E-state index is 11.9. The molecule has 1 saturated carbocycles. The summed E-state index contributed by atoms with van der Waals surface area (Å²) in [6.07, 6.45) is 5.42. The van der Waals surface area contributed by atoms with Crippen molar-refractivity contribution >= 4 is 6.03 Å². The molecule has 1 fully saturated rings. The highest BCUT2D eigenvalue weighted by molar-refractivity contribution is 5.74. The lowest BCUT2D eigenvalue weighted by atomic mass is 9.86. The van der Waals surface area contributed by atoms with Gasteiger partial charge < -0.3 is 15.7 Å². The molecule has 5 heteroatoms. The topological polar surface area (TPSA) is 74.2 Å². The molecule has 0 aliphatic heterocycles. The van der Waals surface area contributed by atoms with Crippen LogP contribution in [-0.2, 0) is 6.42 Å². The SMILES string of the molecule is CC1(CO)CCCC1NC(=O)NCCc1ccccn1. The third-order valence-electron chi connectivity index (χ3n) is 4.14. The molecule has 110 valence electrons. The molecule has 2 amide bonds. The molecule has 2 rings (SSSR count). The zero-order chi connectivity index (χ0) is 14.4. The highest BCUT2D eigenvalue weighted by Gasteiger charge is 2.38.